The van der Waals surface area contributed by atoms with Gasteiger partial charge in [-0.1, -0.05) is 6.07 Å². The maximum Gasteiger partial charge on any atom is 0.211 e. The third kappa shape index (κ3) is 1.59. The molecule has 0 aliphatic rings. The number of rotatable bonds is 1. The van der Waals surface area contributed by atoms with Crippen LogP contribution >= 0.6 is 11.3 Å². The Labute approximate surface area is 78.7 Å². The third-order valence-corrected chi connectivity index (χ3v) is 2.19. The number of nitrogen functional groups attached to an aromatic ring is 1. The van der Waals surface area contributed by atoms with E-state index >= 15 is 0 Å². The molecule has 0 aliphatic carbocycles. The first-order valence-corrected chi connectivity index (χ1v) is 4.51. The number of hydrogen-bond acceptors (Lipinski definition) is 5. The number of pyridine rings is 1. The van der Waals surface area contributed by atoms with Gasteiger partial charge in [0, 0.05) is 11.4 Å². The maximum atomic E-state index is 9.11. The molecule has 0 spiro atoms. The molecule has 2 aromatic rings. The highest BCUT2D eigenvalue weighted by atomic mass is 32.1. The first kappa shape index (κ1) is 8.00. The molecule has 3 N–H and O–H groups in total. The molecule has 2 heterocycles. The summed E-state index contributed by atoms with van der Waals surface area (Å²) in [5.74, 6) is -0.0101. The van der Waals surface area contributed by atoms with E-state index in [1.165, 1.54) is 17.4 Å². The van der Waals surface area contributed by atoms with Crippen molar-refractivity contribution in [3.8, 4) is 17.3 Å². The first-order chi connectivity index (χ1) is 6.25. The molecule has 0 radical (unpaired) electrons. The molecular formula is C8H7N3OS. The molecule has 0 fully saturated rings. The Morgan fingerprint density at radius 3 is 2.69 bits per heavy atom. The molecular weight excluding hydrogens is 186 g/mol. The van der Waals surface area contributed by atoms with E-state index in [-0.39, 0.29) is 5.88 Å². The van der Waals surface area contributed by atoms with E-state index in [2.05, 4.69) is 9.97 Å². The number of aromatic hydroxyl groups is 1. The van der Waals surface area contributed by atoms with Gasteiger partial charge in [0.15, 0.2) is 5.13 Å². The van der Waals surface area contributed by atoms with E-state index in [0.29, 0.717) is 16.5 Å². The van der Waals surface area contributed by atoms with Gasteiger partial charge in [0.05, 0.1) is 5.69 Å². The second-order valence-corrected chi connectivity index (χ2v) is 3.34. The highest BCUT2D eigenvalue weighted by molar-refractivity contribution is 7.13. The van der Waals surface area contributed by atoms with Gasteiger partial charge in [-0.15, -0.1) is 11.3 Å². The van der Waals surface area contributed by atoms with E-state index in [9.17, 15) is 0 Å². The van der Waals surface area contributed by atoms with E-state index in [4.69, 9.17) is 10.8 Å². The minimum atomic E-state index is -0.0101. The van der Waals surface area contributed by atoms with Crippen molar-refractivity contribution in [1.29, 1.82) is 0 Å². The zero-order valence-electron chi connectivity index (χ0n) is 6.64. The zero-order valence-corrected chi connectivity index (χ0v) is 7.45. The molecule has 0 atom stereocenters. The largest absolute Gasteiger partial charge is 0.493 e. The van der Waals surface area contributed by atoms with E-state index in [0.717, 1.165) is 0 Å². The van der Waals surface area contributed by atoms with Crippen molar-refractivity contribution in [2.75, 3.05) is 5.73 Å². The summed E-state index contributed by atoms with van der Waals surface area (Å²) in [5, 5.41) is 11.4. The molecule has 0 bridgehead atoms. The second kappa shape index (κ2) is 3.02. The summed E-state index contributed by atoms with van der Waals surface area (Å²) in [6, 6.07) is 5.00. The van der Waals surface area contributed by atoms with Crippen LogP contribution in [0.15, 0.2) is 23.6 Å². The lowest BCUT2D eigenvalue weighted by atomic mass is 10.3. The van der Waals surface area contributed by atoms with Crippen LogP contribution in [0.5, 0.6) is 5.88 Å². The van der Waals surface area contributed by atoms with Crippen LogP contribution in [-0.2, 0) is 0 Å². The quantitative estimate of drug-likeness (QED) is 0.719. The lowest BCUT2D eigenvalue weighted by molar-refractivity contribution is 0.454. The van der Waals surface area contributed by atoms with Crippen LogP contribution in [0.4, 0.5) is 5.13 Å². The molecule has 0 aliphatic heterocycles. The standard InChI is InChI=1S/C8H7N3OS/c9-8-11-6(4-13-8)5-2-1-3-7(12)10-5/h1-4H,(H2,9,11)(H,10,12). The SMILES string of the molecule is Nc1nc(-c2cccc(O)n2)cs1. The molecule has 0 unspecified atom stereocenters. The number of anilines is 1. The van der Waals surface area contributed by atoms with Crippen LogP contribution < -0.4 is 5.73 Å². The van der Waals surface area contributed by atoms with Gasteiger partial charge >= 0.3 is 0 Å². The Kier molecular flexibility index (Phi) is 1.86. The van der Waals surface area contributed by atoms with Crippen LogP contribution in [0.2, 0.25) is 0 Å². The summed E-state index contributed by atoms with van der Waals surface area (Å²) in [7, 11) is 0. The molecule has 0 amide bonds. The summed E-state index contributed by atoms with van der Waals surface area (Å²) in [6.07, 6.45) is 0. The van der Waals surface area contributed by atoms with Gasteiger partial charge < -0.3 is 10.8 Å². The predicted molar refractivity (Wildman–Crippen MR) is 51.4 cm³/mol. The van der Waals surface area contributed by atoms with Crippen molar-refractivity contribution in [3.05, 3.63) is 23.6 Å². The number of nitrogens with zero attached hydrogens (tertiary/aromatic N) is 2. The molecule has 5 heteroatoms. The lowest BCUT2D eigenvalue weighted by Gasteiger charge is -1.95. The highest BCUT2D eigenvalue weighted by Gasteiger charge is 2.03. The average molecular weight is 193 g/mol. The molecule has 0 saturated heterocycles. The summed E-state index contributed by atoms with van der Waals surface area (Å²) >= 11 is 1.35. The molecule has 13 heavy (non-hydrogen) atoms. The normalized spacial score (nSPS) is 10.2. The lowest BCUT2D eigenvalue weighted by Crippen LogP contribution is -1.85. The Morgan fingerprint density at radius 2 is 2.08 bits per heavy atom. The van der Waals surface area contributed by atoms with Crippen molar-refractivity contribution in [2.45, 2.75) is 0 Å². The summed E-state index contributed by atoms with van der Waals surface area (Å²) in [4.78, 5) is 7.95. The Hall–Kier alpha value is -1.62. The highest BCUT2D eigenvalue weighted by Crippen LogP contribution is 2.22. The smallest absolute Gasteiger partial charge is 0.211 e. The average Bonchev–Trinajstić information content (AvgIpc) is 2.52. The Balaban J connectivity index is 2.46. The van der Waals surface area contributed by atoms with Gasteiger partial charge in [-0.3, -0.25) is 0 Å². The zero-order chi connectivity index (χ0) is 9.26. The fourth-order valence-corrected chi connectivity index (χ4v) is 1.53. The topological polar surface area (TPSA) is 72.0 Å². The minimum absolute atomic E-state index is 0.0101. The maximum absolute atomic E-state index is 9.11. The number of hydrogen-bond donors (Lipinski definition) is 2. The molecule has 2 rings (SSSR count). The molecule has 66 valence electrons. The molecule has 2 aromatic heterocycles. The van der Waals surface area contributed by atoms with E-state index < -0.39 is 0 Å². The van der Waals surface area contributed by atoms with Crippen LogP contribution in [0.25, 0.3) is 11.4 Å². The van der Waals surface area contributed by atoms with Crippen LogP contribution in [0, 0.1) is 0 Å². The number of nitrogens with two attached hydrogens (primary N) is 1. The molecule has 0 saturated carbocycles. The van der Waals surface area contributed by atoms with Crippen molar-refractivity contribution in [3.63, 3.8) is 0 Å². The molecule has 0 aromatic carbocycles. The Bertz CT molecular complexity index is 427. The van der Waals surface area contributed by atoms with E-state index in [1.54, 1.807) is 17.5 Å². The van der Waals surface area contributed by atoms with Crippen LogP contribution in [0.3, 0.4) is 0 Å². The van der Waals surface area contributed by atoms with Crippen LogP contribution in [-0.4, -0.2) is 15.1 Å². The fraction of sp³-hybridized carbons (Fsp3) is 0. The monoisotopic (exact) mass is 193 g/mol. The van der Waals surface area contributed by atoms with Crippen LogP contribution in [0.1, 0.15) is 0 Å². The van der Waals surface area contributed by atoms with Crippen molar-refractivity contribution >= 4 is 16.5 Å². The predicted octanol–water partition coefficient (Wildman–Crippen LogP) is 1.49. The van der Waals surface area contributed by atoms with Crippen molar-refractivity contribution in [1.82, 2.24) is 9.97 Å². The third-order valence-electron chi connectivity index (χ3n) is 1.52. The fourth-order valence-electron chi connectivity index (χ4n) is 0.971. The van der Waals surface area contributed by atoms with Gasteiger partial charge in [0.2, 0.25) is 5.88 Å². The van der Waals surface area contributed by atoms with Gasteiger partial charge in [0.25, 0.3) is 0 Å². The van der Waals surface area contributed by atoms with Crippen molar-refractivity contribution < 1.29 is 5.11 Å². The van der Waals surface area contributed by atoms with Gasteiger partial charge in [-0.2, -0.15) is 0 Å². The Morgan fingerprint density at radius 1 is 1.23 bits per heavy atom. The summed E-state index contributed by atoms with van der Waals surface area (Å²) < 4.78 is 0. The number of aromatic nitrogens is 2. The van der Waals surface area contributed by atoms with Crippen molar-refractivity contribution in [2.24, 2.45) is 0 Å². The first-order valence-electron chi connectivity index (χ1n) is 3.63. The molecule has 4 nitrogen and oxygen atoms in total. The van der Waals surface area contributed by atoms with E-state index in [1.807, 2.05) is 0 Å². The number of thiazole rings is 1. The second-order valence-electron chi connectivity index (χ2n) is 2.45. The summed E-state index contributed by atoms with van der Waals surface area (Å²) in [5.41, 5.74) is 6.80. The summed E-state index contributed by atoms with van der Waals surface area (Å²) in [6.45, 7) is 0. The van der Waals surface area contributed by atoms with Gasteiger partial charge in [0.1, 0.15) is 5.69 Å². The van der Waals surface area contributed by atoms with Gasteiger partial charge in [-0.25, -0.2) is 9.97 Å². The van der Waals surface area contributed by atoms with Gasteiger partial charge in [-0.05, 0) is 6.07 Å². The minimum Gasteiger partial charge on any atom is -0.493 e.